The normalized spacial score (nSPS) is 20.3. The van der Waals surface area contributed by atoms with E-state index in [0.717, 1.165) is 34.0 Å². The van der Waals surface area contributed by atoms with Gasteiger partial charge in [0, 0.05) is 42.0 Å². The van der Waals surface area contributed by atoms with Gasteiger partial charge in [0.25, 0.3) is 0 Å². The lowest BCUT2D eigenvalue weighted by atomic mass is 9.83. The fraction of sp³-hybridized carbons (Fsp3) is 0.419. The summed E-state index contributed by atoms with van der Waals surface area (Å²) in [6, 6.07) is 14.5. The van der Waals surface area contributed by atoms with Crippen molar-refractivity contribution in [2.45, 2.75) is 51.5 Å². The van der Waals surface area contributed by atoms with E-state index in [4.69, 9.17) is 8.83 Å². The van der Waals surface area contributed by atoms with Gasteiger partial charge >= 0.3 is 5.63 Å². The van der Waals surface area contributed by atoms with Gasteiger partial charge < -0.3 is 18.6 Å². The molecule has 6 heteroatoms. The van der Waals surface area contributed by atoms with Gasteiger partial charge in [-0.3, -0.25) is 4.79 Å². The van der Waals surface area contributed by atoms with E-state index in [1.54, 1.807) is 12.3 Å². The first-order valence-corrected chi connectivity index (χ1v) is 13.5. The first-order valence-electron chi connectivity index (χ1n) is 13.5. The second-order valence-electron chi connectivity index (χ2n) is 10.8. The largest absolute Gasteiger partial charge is 0.464 e. The molecule has 0 radical (unpaired) electrons. The van der Waals surface area contributed by atoms with Crippen LogP contribution in [0.3, 0.4) is 0 Å². The van der Waals surface area contributed by atoms with Crippen molar-refractivity contribution in [1.29, 1.82) is 0 Å². The molecule has 2 aliphatic heterocycles. The Morgan fingerprint density at radius 1 is 1.03 bits per heavy atom. The minimum atomic E-state index is -0.447. The Labute approximate surface area is 216 Å². The predicted molar refractivity (Wildman–Crippen MR) is 146 cm³/mol. The van der Waals surface area contributed by atoms with Crippen molar-refractivity contribution in [3.8, 4) is 11.1 Å². The van der Waals surface area contributed by atoms with Gasteiger partial charge in [0.05, 0.1) is 18.2 Å². The van der Waals surface area contributed by atoms with Crippen LogP contribution >= 0.6 is 0 Å². The zero-order valence-corrected chi connectivity index (χ0v) is 21.7. The summed E-state index contributed by atoms with van der Waals surface area (Å²) in [7, 11) is 1.88. The smallest absolute Gasteiger partial charge is 0.340 e. The molecule has 2 aromatic carbocycles. The number of hydrogen-bond acceptors (Lipinski definition) is 5. The number of fused-ring (bicyclic) bond motifs is 3. The molecule has 6 rings (SSSR count). The van der Waals surface area contributed by atoms with E-state index in [1.807, 2.05) is 55.3 Å². The van der Waals surface area contributed by atoms with Crippen LogP contribution in [0, 0.1) is 12.8 Å². The number of furan rings is 1. The minimum absolute atomic E-state index is 0.0305. The number of rotatable bonds is 5. The molecule has 0 bridgehead atoms. The van der Waals surface area contributed by atoms with Gasteiger partial charge in [-0.1, -0.05) is 36.8 Å². The maximum Gasteiger partial charge on any atom is 0.340 e. The summed E-state index contributed by atoms with van der Waals surface area (Å²) >= 11 is 0. The molecule has 2 fully saturated rings. The first-order chi connectivity index (χ1) is 18.0. The number of piperidine rings is 2. The molecule has 192 valence electrons. The minimum Gasteiger partial charge on any atom is -0.464 e. The van der Waals surface area contributed by atoms with Crippen LogP contribution in [-0.2, 0) is 11.2 Å². The Kier molecular flexibility index (Phi) is 6.37. The lowest BCUT2D eigenvalue weighted by molar-refractivity contribution is -0.130. The number of carbonyl (C=O) groups is 1. The van der Waals surface area contributed by atoms with Crippen molar-refractivity contribution < 1.29 is 13.6 Å². The molecule has 37 heavy (non-hydrogen) atoms. The van der Waals surface area contributed by atoms with Crippen LogP contribution in [0.1, 0.15) is 43.2 Å². The molecule has 2 aliphatic rings. The summed E-state index contributed by atoms with van der Waals surface area (Å²) in [5.74, 6) is 0.472. The van der Waals surface area contributed by atoms with Crippen LogP contribution in [0.25, 0.3) is 33.1 Å². The van der Waals surface area contributed by atoms with Crippen LogP contribution < -0.4 is 5.63 Å². The lowest BCUT2D eigenvalue weighted by Gasteiger charge is -2.45. The molecule has 2 aromatic heterocycles. The SMILES string of the molecule is Cc1c(CC(=O)N(C)CC2CCCN3CCCCC23)c(=O)oc2cc3occ(-c4ccccc4)c3cc12. The maximum atomic E-state index is 13.3. The molecule has 0 spiro atoms. The highest BCUT2D eigenvalue weighted by Crippen LogP contribution is 2.35. The third-order valence-electron chi connectivity index (χ3n) is 8.56. The van der Waals surface area contributed by atoms with Crippen molar-refractivity contribution in [3.05, 3.63) is 70.3 Å². The van der Waals surface area contributed by atoms with E-state index in [9.17, 15) is 9.59 Å². The molecule has 0 N–H and O–H groups in total. The Bertz CT molecular complexity index is 1500. The van der Waals surface area contributed by atoms with E-state index in [2.05, 4.69) is 4.90 Å². The Morgan fingerprint density at radius 2 is 1.84 bits per heavy atom. The number of carbonyl (C=O) groups excluding carboxylic acids is 1. The van der Waals surface area contributed by atoms with Gasteiger partial charge in [-0.05, 0) is 68.8 Å². The van der Waals surface area contributed by atoms with E-state index < -0.39 is 5.63 Å². The fourth-order valence-electron chi connectivity index (χ4n) is 6.49. The fourth-order valence-corrected chi connectivity index (χ4v) is 6.49. The van der Waals surface area contributed by atoms with Gasteiger partial charge in [0.15, 0.2) is 0 Å². The highest BCUT2D eigenvalue weighted by molar-refractivity contribution is 6.02. The number of aryl methyl sites for hydroxylation is 1. The van der Waals surface area contributed by atoms with Crippen LogP contribution in [-0.4, -0.2) is 48.4 Å². The van der Waals surface area contributed by atoms with Crippen molar-refractivity contribution in [2.75, 3.05) is 26.7 Å². The topological polar surface area (TPSA) is 66.9 Å². The van der Waals surface area contributed by atoms with E-state index in [-0.39, 0.29) is 12.3 Å². The first kappa shape index (κ1) is 24.0. The predicted octanol–water partition coefficient (Wildman–Crippen LogP) is 5.78. The summed E-state index contributed by atoms with van der Waals surface area (Å²) in [5, 5.41) is 1.79. The number of likely N-dealkylation sites (N-methyl/N-ethyl adjacent to an activating group) is 1. The van der Waals surface area contributed by atoms with Gasteiger partial charge in [0.1, 0.15) is 11.2 Å². The monoisotopic (exact) mass is 498 g/mol. The third kappa shape index (κ3) is 4.48. The number of nitrogens with zero attached hydrogens (tertiary/aromatic N) is 2. The van der Waals surface area contributed by atoms with Gasteiger partial charge in [-0.15, -0.1) is 0 Å². The molecule has 2 atom stereocenters. The molecule has 0 aliphatic carbocycles. The Morgan fingerprint density at radius 3 is 2.68 bits per heavy atom. The molecule has 6 nitrogen and oxygen atoms in total. The molecular formula is C31H34N2O4. The van der Waals surface area contributed by atoms with Crippen molar-refractivity contribution >= 4 is 27.8 Å². The highest BCUT2D eigenvalue weighted by atomic mass is 16.4. The second kappa shape index (κ2) is 9.82. The average molecular weight is 499 g/mol. The van der Waals surface area contributed by atoms with Crippen LogP contribution in [0.2, 0.25) is 0 Å². The van der Waals surface area contributed by atoms with E-state index in [1.165, 1.54) is 45.2 Å². The zero-order chi connectivity index (χ0) is 25.5. The summed E-state index contributed by atoms with van der Waals surface area (Å²) in [6.07, 6.45) is 7.95. The van der Waals surface area contributed by atoms with Gasteiger partial charge in [-0.25, -0.2) is 4.79 Å². The molecule has 2 unspecified atom stereocenters. The highest BCUT2D eigenvalue weighted by Gasteiger charge is 2.34. The number of benzene rings is 2. The number of hydrogen-bond donors (Lipinski definition) is 0. The van der Waals surface area contributed by atoms with Gasteiger partial charge in [0.2, 0.25) is 5.91 Å². The average Bonchev–Trinajstić information content (AvgIpc) is 3.33. The lowest BCUT2D eigenvalue weighted by Crippen LogP contribution is -2.51. The van der Waals surface area contributed by atoms with Crippen LogP contribution in [0.5, 0.6) is 0 Å². The molecule has 2 saturated heterocycles. The standard InChI is InChI=1S/C31H34N2O4/c1-20-23-15-25-26(21-9-4-3-5-10-21)19-36-28(25)17-29(23)37-31(35)24(20)16-30(34)32(2)18-22-11-8-14-33-13-7-6-12-27(22)33/h3-5,9-10,15,17,19,22,27H,6-8,11-14,16,18H2,1-2H3. The van der Waals surface area contributed by atoms with Crippen LogP contribution in [0.15, 0.2) is 62.4 Å². The van der Waals surface area contributed by atoms with Crippen molar-refractivity contribution in [1.82, 2.24) is 9.80 Å². The molecule has 4 aromatic rings. The van der Waals surface area contributed by atoms with E-state index in [0.29, 0.717) is 28.7 Å². The zero-order valence-electron chi connectivity index (χ0n) is 21.7. The van der Waals surface area contributed by atoms with Crippen molar-refractivity contribution in [3.63, 3.8) is 0 Å². The Hall–Kier alpha value is -3.38. The number of amides is 1. The van der Waals surface area contributed by atoms with Crippen molar-refractivity contribution in [2.24, 2.45) is 5.92 Å². The summed E-state index contributed by atoms with van der Waals surface area (Å²) in [5.41, 5.74) is 3.99. The van der Waals surface area contributed by atoms with E-state index >= 15 is 0 Å². The summed E-state index contributed by atoms with van der Waals surface area (Å²) < 4.78 is 11.5. The maximum absolute atomic E-state index is 13.3. The summed E-state index contributed by atoms with van der Waals surface area (Å²) in [6.45, 7) is 5.03. The van der Waals surface area contributed by atoms with Gasteiger partial charge in [-0.2, -0.15) is 0 Å². The molecule has 4 heterocycles. The Balaban J connectivity index is 1.27. The van der Waals surface area contributed by atoms with Crippen LogP contribution in [0.4, 0.5) is 0 Å². The quantitative estimate of drug-likeness (QED) is 0.326. The second-order valence-corrected chi connectivity index (χ2v) is 10.8. The third-order valence-corrected chi connectivity index (χ3v) is 8.56. The molecular weight excluding hydrogens is 464 g/mol. The molecule has 0 saturated carbocycles. The molecule has 1 amide bonds. The summed E-state index contributed by atoms with van der Waals surface area (Å²) in [4.78, 5) is 30.7.